The second-order valence-electron chi connectivity index (χ2n) is 6.65. The highest BCUT2D eigenvalue weighted by Crippen LogP contribution is 2.38. The van der Waals surface area contributed by atoms with Gasteiger partial charge in [-0.05, 0) is 25.3 Å². The van der Waals surface area contributed by atoms with E-state index in [1.807, 2.05) is 0 Å². The summed E-state index contributed by atoms with van der Waals surface area (Å²) in [6.45, 7) is 1.59. The summed E-state index contributed by atoms with van der Waals surface area (Å²) in [4.78, 5) is 24.7. The van der Waals surface area contributed by atoms with Crippen molar-refractivity contribution in [1.82, 2.24) is 5.32 Å². The molecule has 0 bridgehead atoms. The first kappa shape index (κ1) is 17.3. The molecule has 1 aromatic heterocycles. The first-order valence-corrected chi connectivity index (χ1v) is 9.11. The van der Waals surface area contributed by atoms with Gasteiger partial charge in [0.1, 0.15) is 11.3 Å². The normalized spacial score (nSPS) is 22.7. The van der Waals surface area contributed by atoms with E-state index in [0.29, 0.717) is 24.4 Å². The van der Waals surface area contributed by atoms with Crippen LogP contribution in [0.25, 0.3) is 10.1 Å². The largest absolute Gasteiger partial charge is 0.478 e. The minimum Gasteiger partial charge on any atom is -0.478 e. The van der Waals surface area contributed by atoms with Gasteiger partial charge in [0.15, 0.2) is 17.5 Å². The van der Waals surface area contributed by atoms with Crippen LogP contribution in [-0.4, -0.2) is 36.8 Å². The third-order valence-corrected chi connectivity index (χ3v) is 6.14. The van der Waals surface area contributed by atoms with Gasteiger partial charge in [-0.15, -0.1) is 11.3 Å². The first-order valence-electron chi connectivity index (χ1n) is 8.23. The quantitative estimate of drug-likeness (QED) is 0.779. The molecule has 0 saturated carbocycles. The molecule has 9 heteroatoms. The zero-order valence-electron chi connectivity index (χ0n) is 13.5. The summed E-state index contributed by atoms with van der Waals surface area (Å²) < 4.78 is 43.9. The van der Waals surface area contributed by atoms with Crippen molar-refractivity contribution in [1.29, 1.82) is 0 Å². The van der Waals surface area contributed by atoms with Gasteiger partial charge in [-0.2, -0.15) is 0 Å². The number of anilines is 1. The standard InChI is InChI=1S/C17H15F3N2O3S/c18-11-10-15(23)8(17(24)25)6-26-16(10)13(20)14(12(11)19)22-4-7-2-1-3-21-9(7)5-22/h6-7,9,21H,1-5H2,(H,24,25)/t7-,9+/m0/s1. The van der Waals surface area contributed by atoms with E-state index in [0.717, 1.165) is 24.8 Å². The third kappa shape index (κ3) is 2.49. The second-order valence-corrected chi connectivity index (χ2v) is 7.53. The number of benzene rings is 1. The van der Waals surface area contributed by atoms with Crippen LogP contribution >= 0.6 is 11.3 Å². The zero-order chi connectivity index (χ0) is 18.6. The number of rotatable bonds is 2. The van der Waals surface area contributed by atoms with Crippen LogP contribution in [-0.2, 0) is 0 Å². The predicted molar refractivity (Wildman–Crippen MR) is 91.7 cm³/mol. The molecule has 2 aliphatic heterocycles. The molecular weight excluding hydrogens is 369 g/mol. The average Bonchev–Trinajstić information content (AvgIpc) is 3.03. The van der Waals surface area contributed by atoms with Crippen molar-refractivity contribution in [2.75, 3.05) is 24.5 Å². The number of fused-ring (bicyclic) bond motifs is 2. The molecule has 138 valence electrons. The molecule has 1 aromatic carbocycles. The number of hydrogen-bond acceptors (Lipinski definition) is 5. The monoisotopic (exact) mass is 384 g/mol. The van der Waals surface area contributed by atoms with Crippen molar-refractivity contribution in [3.05, 3.63) is 38.6 Å². The summed E-state index contributed by atoms with van der Waals surface area (Å²) in [6, 6.07) is 0.0921. The Hall–Kier alpha value is -2.13. The van der Waals surface area contributed by atoms with Crippen LogP contribution in [0.15, 0.2) is 10.2 Å². The van der Waals surface area contributed by atoms with Gasteiger partial charge >= 0.3 is 5.97 Å². The maximum Gasteiger partial charge on any atom is 0.340 e. The fourth-order valence-corrected chi connectivity index (χ4v) is 4.84. The van der Waals surface area contributed by atoms with Crippen LogP contribution in [0.2, 0.25) is 0 Å². The smallest absolute Gasteiger partial charge is 0.340 e. The van der Waals surface area contributed by atoms with E-state index in [1.165, 1.54) is 4.90 Å². The van der Waals surface area contributed by atoms with Crippen molar-refractivity contribution in [3.8, 4) is 0 Å². The summed E-state index contributed by atoms with van der Waals surface area (Å²) >= 11 is 0.589. The molecule has 0 radical (unpaired) electrons. The summed E-state index contributed by atoms with van der Waals surface area (Å²) in [5.41, 5.74) is -2.40. The molecular formula is C17H15F3N2O3S. The van der Waals surface area contributed by atoms with Gasteiger partial charge < -0.3 is 15.3 Å². The van der Waals surface area contributed by atoms with Crippen LogP contribution in [0, 0.1) is 23.4 Å². The molecule has 5 nitrogen and oxygen atoms in total. The molecule has 26 heavy (non-hydrogen) atoms. The van der Waals surface area contributed by atoms with E-state index < -0.39 is 45.5 Å². The number of halogens is 3. The van der Waals surface area contributed by atoms with Crippen molar-refractivity contribution in [2.45, 2.75) is 18.9 Å². The number of carbonyl (C=O) groups is 1. The second kappa shape index (κ2) is 6.24. The van der Waals surface area contributed by atoms with Crippen LogP contribution in [0.4, 0.5) is 18.9 Å². The Kier molecular flexibility index (Phi) is 4.15. The lowest BCUT2D eigenvalue weighted by molar-refractivity contribution is 0.0696. The van der Waals surface area contributed by atoms with Gasteiger partial charge in [-0.3, -0.25) is 4.79 Å². The van der Waals surface area contributed by atoms with Gasteiger partial charge in [0.05, 0.1) is 10.1 Å². The number of nitrogens with one attached hydrogen (secondary N) is 1. The Labute approximate surface area is 150 Å². The average molecular weight is 384 g/mol. The number of hydrogen-bond donors (Lipinski definition) is 2. The minimum absolute atomic E-state index is 0.0921. The summed E-state index contributed by atoms with van der Waals surface area (Å²) in [6.07, 6.45) is 1.91. The number of piperidine rings is 1. The van der Waals surface area contributed by atoms with Gasteiger partial charge in [0, 0.05) is 24.5 Å². The lowest BCUT2D eigenvalue weighted by Gasteiger charge is -2.24. The maximum absolute atomic E-state index is 15.0. The first-order chi connectivity index (χ1) is 12.4. The van der Waals surface area contributed by atoms with Crippen LogP contribution in [0.1, 0.15) is 23.2 Å². The Bertz CT molecular complexity index is 964. The van der Waals surface area contributed by atoms with Crippen molar-refractivity contribution < 1.29 is 23.1 Å². The highest BCUT2D eigenvalue weighted by molar-refractivity contribution is 7.16. The van der Waals surface area contributed by atoms with E-state index in [-0.39, 0.29) is 16.7 Å². The Morgan fingerprint density at radius 1 is 1.23 bits per heavy atom. The van der Waals surface area contributed by atoms with E-state index >= 15 is 4.39 Å². The summed E-state index contributed by atoms with van der Waals surface area (Å²) in [5, 5.41) is 12.4. The number of carboxylic acid groups (broad SMARTS) is 1. The third-order valence-electron chi connectivity index (χ3n) is 5.17. The lowest BCUT2D eigenvalue weighted by Crippen LogP contribution is -2.40. The molecule has 0 unspecified atom stereocenters. The van der Waals surface area contributed by atoms with Crippen molar-refractivity contribution in [2.24, 2.45) is 5.92 Å². The minimum atomic E-state index is -1.56. The molecule has 2 N–H and O–H groups in total. The van der Waals surface area contributed by atoms with Crippen LogP contribution < -0.4 is 15.6 Å². The maximum atomic E-state index is 15.0. The number of aromatic carboxylic acids is 1. The van der Waals surface area contributed by atoms with Gasteiger partial charge in [0.2, 0.25) is 5.43 Å². The highest BCUT2D eigenvalue weighted by atomic mass is 32.1. The SMILES string of the molecule is O=C(O)c1csc2c(F)c(N3C[C@@H]4CCCN[C@@H]4C3)c(F)c(F)c2c1=O. The molecule has 4 rings (SSSR count). The van der Waals surface area contributed by atoms with Gasteiger partial charge in [-0.1, -0.05) is 0 Å². The van der Waals surface area contributed by atoms with E-state index in [1.54, 1.807) is 0 Å². The number of nitrogens with zero attached hydrogens (tertiary/aromatic N) is 1. The van der Waals surface area contributed by atoms with Gasteiger partial charge in [0.25, 0.3) is 0 Å². The molecule has 2 aromatic rings. The molecule has 2 saturated heterocycles. The molecule has 0 aliphatic carbocycles. The highest BCUT2D eigenvalue weighted by Gasteiger charge is 2.38. The van der Waals surface area contributed by atoms with Crippen molar-refractivity contribution >= 4 is 33.1 Å². The molecule has 0 amide bonds. The Morgan fingerprint density at radius 3 is 2.69 bits per heavy atom. The molecule has 2 atom stereocenters. The van der Waals surface area contributed by atoms with Crippen LogP contribution in [0.5, 0.6) is 0 Å². The molecule has 2 aliphatic rings. The molecule has 2 fully saturated rings. The Balaban J connectivity index is 1.88. The zero-order valence-corrected chi connectivity index (χ0v) is 14.3. The fraction of sp³-hybridized carbons (Fsp3) is 0.412. The summed E-state index contributed by atoms with van der Waals surface area (Å²) in [7, 11) is 0. The van der Waals surface area contributed by atoms with E-state index in [2.05, 4.69) is 5.32 Å². The Morgan fingerprint density at radius 2 is 2.00 bits per heavy atom. The topological polar surface area (TPSA) is 69.6 Å². The van der Waals surface area contributed by atoms with Gasteiger partial charge in [-0.25, -0.2) is 18.0 Å². The predicted octanol–water partition coefficient (Wildman–Crippen LogP) is 2.57. The lowest BCUT2D eigenvalue weighted by atomic mass is 9.94. The van der Waals surface area contributed by atoms with E-state index in [4.69, 9.17) is 5.11 Å². The molecule has 0 spiro atoms. The number of carboxylic acids is 1. The van der Waals surface area contributed by atoms with E-state index in [9.17, 15) is 18.4 Å². The summed E-state index contributed by atoms with van der Waals surface area (Å²) in [5.74, 6) is -5.29. The fourth-order valence-electron chi connectivity index (χ4n) is 3.90. The molecule has 3 heterocycles. The van der Waals surface area contributed by atoms with Crippen molar-refractivity contribution in [3.63, 3.8) is 0 Å². The van der Waals surface area contributed by atoms with Crippen LogP contribution in [0.3, 0.4) is 0 Å².